The molecule has 1 saturated heterocycles. The Morgan fingerprint density at radius 2 is 1.85 bits per heavy atom. The molecule has 1 aromatic carbocycles. The number of hydrogen-bond acceptors (Lipinski definition) is 3. The zero-order chi connectivity index (χ0) is 19.4. The third-order valence-electron chi connectivity index (χ3n) is 4.36. The van der Waals surface area contributed by atoms with Crippen molar-refractivity contribution in [3.8, 4) is 0 Å². The Balaban J connectivity index is 0.00000364. The maximum atomic E-state index is 12.6. The van der Waals surface area contributed by atoms with Gasteiger partial charge >= 0.3 is 15.5 Å². The molecule has 1 aliphatic rings. The van der Waals surface area contributed by atoms with Crippen molar-refractivity contribution in [1.82, 2.24) is 14.9 Å². The van der Waals surface area contributed by atoms with Gasteiger partial charge in [0.05, 0.1) is 0 Å². The molecule has 2 N–H and O–H groups in total. The maximum Gasteiger partial charge on any atom is 0.511 e. The number of halogens is 4. The second-order valence-corrected chi connectivity index (χ2v) is 8.05. The van der Waals surface area contributed by atoms with Crippen LogP contribution in [0.1, 0.15) is 24.0 Å². The van der Waals surface area contributed by atoms with E-state index in [2.05, 4.69) is 15.6 Å². The SMILES string of the molecule is CN=C(NCc1ccccc1C)NC1CCN(S(=O)(=O)C(F)(F)F)CC1.I. The Morgan fingerprint density at radius 3 is 2.37 bits per heavy atom. The van der Waals surface area contributed by atoms with Crippen LogP contribution in [0.2, 0.25) is 0 Å². The summed E-state index contributed by atoms with van der Waals surface area (Å²) >= 11 is 0. The fourth-order valence-electron chi connectivity index (χ4n) is 2.76. The van der Waals surface area contributed by atoms with E-state index in [0.29, 0.717) is 16.8 Å². The summed E-state index contributed by atoms with van der Waals surface area (Å²) in [6.07, 6.45) is 0.556. The van der Waals surface area contributed by atoms with Gasteiger partial charge < -0.3 is 10.6 Å². The van der Waals surface area contributed by atoms with Crippen molar-refractivity contribution in [2.75, 3.05) is 20.1 Å². The van der Waals surface area contributed by atoms with Gasteiger partial charge in [-0.05, 0) is 30.9 Å². The van der Waals surface area contributed by atoms with Gasteiger partial charge in [0.2, 0.25) is 0 Å². The van der Waals surface area contributed by atoms with Gasteiger partial charge in [0.15, 0.2) is 5.96 Å². The number of rotatable bonds is 4. The van der Waals surface area contributed by atoms with Gasteiger partial charge in [-0.25, -0.2) is 8.42 Å². The van der Waals surface area contributed by atoms with Gasteiger partial charge in [-0.1, -0.05) is 24.3 Å². The molecular formula is C16H24F3IN4O2S. The summed E-state index contributed by atoms with van der Waals surface area (Å²) in [4.78, 5) is 4.12. The van der Waals surface area contributed by atoms with Crippen LogP contribution in [-0.2, 0) is 16.6 Å². The predicted molar refractivity (Wildman–Crippen MR) is 109 cm³/mol. The molecule has 1 fully saturated rings. The first-order valence-corrected chi connectivity index (χ1v) is 9.67. The quantitative estimate of drug-likeness (QED) is 0.364. The van der Waals surface area contributed by atoms with Crippen LogP contribution in [-0.4, -0.2) is 50.4 Å². The third kappa shape index (κ3) is 6.21. The molecule has 0 radical (unpaired) electrons. The smallest absolute Gasteiger partial charge is 0.354 e. The van der Waals surface area contributed by atoms with E-state index in [4.69, 9.17) is 0 Å². The van der Waals surface area contributed by atoms with E-state index >= 15 is 0 Å². The van der Waals surface area contributed by atoms with E-state index in [-0.39, 0.29) is 55.9 Å². The average molecular weight is 520 g/mol. The van der Waals surface area contributed by atoms with Crippen molar-refractivity contribution in [1.29, 1.82) is 0 Å². The topological polar surface area (TPSA) is 73.8 Å². The van der Waals surface area contributed by atoms with Crippen molar-refractivity contribution in [3.63, 3.8) is 0 Å². The summed E-state index contributed by atoms with van der Waals surface area (Å²) < 4.78 is 61.1. The Bertz CT molecular complexity index is 748. The lowest BCUT2D eigenvalue weighted by atomic mass is 10.1. The fraction of sp³-hybridized carbons (Fsp3) is 0.562. The van der Waals surface area contributed by atoms with E-state index in [9.17, 15) is 21.6 Å². The van der Waals surface area contributed by atoms with Crippen LogP contribution < -0.4 is 10.6 Å². The van der Waals surface area contributed by atoms with Crippen molar-refractivity contribution >= 4 is 40.0 Å². The maximum absolute atomic E-state index is 12.6. The number of nitrogens with zero attached hydrogens (tertiary/aromatic N) is 2. The average Bonchev–Trinajstić information content (AvgIpc) is 2.59. The molecule has 27 heavy (non-hydrogen) atoms. The summed E-state index contributed by atoms with van der Waals surface area (Å²) in [6.45, 7) is 2.22. The Morgan fingerprint density at radius 1 is 1.26 bits per heavy atom. The molecule has 0 bridgehead atoms. The number of aliphatic imine (C=N–C) groups is 1. The van der Waals surface area contributed by atoms with Crippen molar-refractivity contribution < 1.29 is 21.6 Å². The van der Waals surface area contributed by atoms with E-state index in [1.165, 1.54) is 0 Å². The standard InChI is InChI=1S/C16H23F3N4O2S.HI/c1-12-5-3-4-6-13(12)11-21-15(20-2)22-14-7-9-23(10-8-14)26(24,25)16(17,18)19;/h3-6,14H,7-11H2,1-2H3,(H2,20,21,22);1H. The van der Waals surface area contributed by atoms with Crippen LogP contribution >= 0.6 is 24.0 Å². The second-order valence-electron chi connectivity index (χ2n) is 6.12. The first-order chi connectivity index (χ1) is 12.1. The molecular weight excluding hydrogens is 496 g/mol. The van der Waals surface area contributed by atoms with Crippen LogP contribution in [0.4, 0.5) is 13.2 Å². The lowest BCUT2D eigenvalue weighted by molar-refractivity contribution is -0.0494. The highest BCUT2D eigenvalue weighted by Gasteiger charge is 2.50. The Kier molecular flexibility index (Phi) is 8.80. The van der Waals surface area contributed by atoms with E-state index in [1.54, 1.807) is 7.05 Å². The molecule has 1 aliphatic heterocycles. The fourth-order valence-corrected chi connectivity index (χ4v) is 3.75. The number of aryl methyl sites for hydroxylation is 1. The van der Waals surface area contributed by atoms with Crippen LogP contribution in [0.3, 0.4) is 0 Å². The van der Waals surface area contributed by atoms with E-state index in [1.807, 2.05) is 31.2 Å². The lowest BCUT2D eigenvalue weighted by Gasteiger charge is -2.32. The monoisotopic (exact) mass is 520 g/mol. The van der Waals surface area contributed by atoms with Gasteiger partial charge in [0, 0.05) is 32.7 Å². The summed E-state index contributed by atoms with van der Waals surface area (Å²) in [6, 6.07) is 7.75. The summed E-state index contributed by atoms with van der Waals surface area (Å²) in [5.41, 5.74) is -3.00. The van der Waals surface area contributed by atoms with Gasteiger partial charge in [-0.2, -0.15) is 17.5 Å². The molecule has 11 heteroatoms. The molecule has 0 saturated carbocycles. The van der Waals surface area contributed by atoms with E-state index in [0.717, 1.165) is 11.1 Å². The highest BCUT2D eigenvalue weighted by molar-refractivity contribution is 14.0. The van der Waals surface area contributed by atoms with Crippen LogP contribution in [0.25, 0.3) is 0 Å². The number of piperidine rings is 1. The Hall–Kier alpha value is -1.08. The largest absolute Gasteiger partial charge is 0.511 e. The minimum Gasteiger partial charge on any atom is -0.354 e. The normalized spacial score (nSPS) is 17.3. The summed E-state index contributed by atoms with van der Waals surface area (Å²) in [7, 11) is -3.64. The number of sulfonamides is 1. The molecule has 0 amide bonds. The van der Waals surface area contributed by atoms with Crippen molar-refractivity contribution in [3.05, 3.63) is 35.4 Å². The van der Waals surface area contributed by atoms with Crippen LogP contribution in [0, 0.1) is 6.92 Å². The first kappa shape index (κ1) is 24.0. The summed E-state index contributed by atoms with van der Waals surface area (Å²) in [5.74, 6) is 0.533. The van der Waals surface area contributed by atoms with E-state index < -0.39 is 15.5 Å². The van der Waals surface area contributed by atoms with Gasteiger partial charge in [0.1, 0.15) is 0 Å². The van der Waals surface area contributed by atoms with Gasteiger partial charge in [0.25, 0.3) is 0 Å². The molecule has 0 unspecified atom stereocenters. The molecule has 1 heterocycles. The number of guanidine groups is 1. The molecule has 0 aromatic heterocycles. The number of nitrogens with one attached hydrogen (secondary N) is 2. The van der Waals surface area contributed by atoms with Crippen LogP contribution in [0.15, 0.2) is 29.3 Å². The highest BCUT2D eigenvalue weighted by atomic mass is 127. The first-order valence-electron chi connectivity index (χ1n) is 8.23. The number of alkyl halides is 3. The van der Waals surface area contributed by atoms with Gasteiger partial charge in [-0.15, -0.1) is 24.0 Å². The minimum atomic E-state index is -5.25. The minimum absolute atomic E-state index is 0. The molecule has 0 aliphatic carbocycles. The van der Waals surface area contributed by atoms with Crippen molar-refractivity contribution in [2.24, 2.45) is 4.99 Å². The molecule has 0 spiro atoms. The number of hydrogen-bond donors (Lipinski definition) is 2. The second kappa shape index (κ2) is 9.92. The zero-order valence-corrected chi connectivity index (χ0v) is 18.2. The van der Waals surface area contributed by atoms with Gasteiger partial charge in [-0.3, -0.25) is 4.99 Å². The molecule has 1 aromatic rings. The van der Waals surface area contributed by atoms with Crippen molar-refractivity contribution in [2.45, 2.75) is 37.9 Å². The lowest BCUT2D eigenvalue weighted by Crippen LogP contribution is -2.51. The molecule has 154 valence electrons. The third-order valence-corrected chi connectivity index (χ3v) is 5.99. The number of benzene rings is 1. The molecule has 2 rings (SSSR count). The molecule has 0 atom stereocenters. The van der Waals surface area contributed by atoms with Crippen LogP contribution in [0.5, 0.6) is 0 Å². The zero-order valence-electron chi connectivity index (χ0n) is 15.1. The molecule has 6 nitrogen and oxygen atoms in total. The highest BCUT2D eigenvalue weighted by Crippen LogP contribution is 2.28. The Labute approximate surface area is 174 Å². The summed E-state index contributed by atoms with van der Waals surface area (Å²) in [5, 5.41) is 6.31. The predicted octanol–water partition coefficient (Wildman–Crippen LogP) is 2.59.